The molecule has 2 heterocycles. The van der Waals surface area contributed by atoms with Gasteiger partial charge in [0.25, 0.3) is 0 Å². The summed E-state index contributed by atoms with van der Waals surface area (Å²) in [6, 6.07) is 15.5. The average molecular weight is 378 g/mol. The molecule has 0 saturated carbocycles. The van der Waals surface area contributed by atoms with Gasteiger partial charge in [-0.2, -0.15) is 0 Å². The minimum Gasteiger partial charge on any atom is -0.454 e. The lowest BCUT2D eigenvalue weighted by Gasteiger charge is -2.16. The largest absolute Gasteiger partial charge is 0.454 e. The highest BCUT2D eigenvalue weighted by atomic mass is 16.7. The second-order valence-electron chi connectivity index (χ2n) is 7.02. The Labute approximate surface area is 163 Å². The normalized spacial score (nSPS) is 18.1. The van der Waals surface area contributed by atoms with Crippen LogP contribution in [0.25, 0.3) is 6.08 Å². The lowest BCUT2D eigenvalue weighted by atomic mass is 10.1. The van der Waals surface area contributed by atoms with Crippen molar-refractivity contribution in [2.24, 2.45) is 5.92 Å². The number of benzene rings is 2. The number of hydrogen-bond donors (Lipinski definition) is 1. The summed E-state index contributed by atoms with van der Waals surface area (Å²) in [5, 5.41) is 2.89. The summed E-state index contributed by atoms with van der Waals surface area (Å²) in [7, 11) is 0. The maximum Gasteiger partial charge on any atom is 0.244 e. The van der Waals surface area contributed by atoms with Crippen LogP contribution in [0.4, 0.5) is 0 Å². The van der Waals surface area contributed by atoms with Crippen molar-refractivity contribution in [3.63, 3.8) is 0 Å². The van der Waals surface area contributed by atoms with Crippen molar-refractivity contribution in [3.8, 4) is 11.5 Å². The van der Waals surface area contributed by atoms with Crippen molar-refractivity contribution >= 4 is 17.9 Å². The van der Waals surface area contributed by atoms with Gasteiger partial charge in [-0.15, -0.1) is 0 Å². The Morgan fingerprint density at radius 2 is 1.96 bits per heavy atom. The molecule has 0 radical (unpaired) electrons. The molecule has 1 N–H and O–H groups in total. The monoisotopic (exact) mass is 378 g/mol. The van der Waals surface area contributed by atoms with Gasteiger partial charge in [-0.05, 0) is 29.3 Å². The molecule has 2 aliphatic rings. The first-order chi connectivity index (χ1) is 13.7. The zero-order valence-corrected chi connectivity index (χ0v) is 15.5. The van der Waals surface area contributed by atoms with E-state index in [1.54, 1.807) is 6.08 Å². The first-order valence-electron chi connectivity index (χ1n) is 9.34. The van der Waals surface area contributed by atoms with Crippen LogP contribution in [0.5, 0.6) is 11.5 Å². The third-order valence-electron chi connectivity index (χ3n) is 4.90. The first kappa shape index (κ1) is 18.1. The Hall–Kier alpha value is -3.28. The van der Waals surface area contributed by atoms with Crippen molar-refractivity contribution in [1.29, 1.82) is 0 Å². The van der Waals surface area contributed by atoms with Gasteiger partial charge in [-0.3, -0.25) is 9.59 Å². The van der Waals surface area contributed by atoms with Gasteiger partial charge in [-0.1, -0.05) is 36.4 Å². The fourth-order valence-corrected chi connectivity index (χ4v) is 3.44. The topological polar surface area (TPSA) is 67.9 Å². The number of fused-ring (bicyclic) bond motifs is 1. The third-order valence-corrected chi connectivity index (χ3v) is 4.90. The van der Waals surface area contributed by atoms with Gasteiger partial charge in [0.1, 0.15) is 0 Å². The Kier molecular flexibility index (Phi) is 5.28. The molecule has 1 fully saturated rings. The van der Waals surface area contributed by atoms with E-state index in [0.717, 1.165) is 11.1 Å². The summed E-state index contributed by atoms with van der Waals surface area (Å²) in [5.74, 6) is 1.50. The molecule has 2 aromatic carbocycles. The minimum atomic E-state index is -0.174. The number of carbonyl (C=O) groups excluding carboxylic acids is 2. The van der Waals surface area contributed by atoms with E-state index in [0.29, 0.717) is 37.6 Å². The predicted molar refractivity (Wildman–Crippen MR) is 105 cm³/mol. The van der Waals surface area contributed by atoms with E-state index < -0.39 is 0 Å². The van der Waals surface area contributed by atoms with Crippen molar-refractivity contribution in [1.82, 2.24) is 10.2 Å². The molecule has 0 bridgehead atoms. The van der Waals surface area contributed by atoms with E-state index in [9.17, 15) is 9.59 Å². The quantitative estimate of drug-likeness (QED) is 0.785. The minimum absolute atomic E-state index is 0.138. The summed E-state index contributed by atoms with van der Waals surface area (Å²) in [4.78, 5) is 26.2. The second-order valence-corrected chi connectivity index (χ2v) is 7.02. The smallest absolute Gasteiger partial charge is 0.244 e. The number of amides is 2. The molecule has 144 valence electrons. The van der Waals surface area contributed by atoms with Crippen LogP contribution in [0, 0.1) is 5.92 Å². The highest BCUT2D eigenvalue weighted by Gasteiger charge is 2.29. The zero-order valence-electron chi connectivity index (χ0n) is 15.5. The van der Waals surface area contributed by atoms with E-state index in [4.69, 9.17) is 9.47 Å². The second kappa shape index (κ2) is 8.17. The maximum absolute atomic E-state index is 12.2. The first-order valence-corrected chi connectivity index (χ1v) is 9.34. The highest BCUT2D eigenvalue weighted by molar-refractivity contribution is 5.91. The lowest BCUT2D eigenvalue weighted by molar-refractivity contribution is -0.128. The molecule has 1 saturated heterocycles. The molecule has 0 spiro atoms. The molecule has 28 heavy (non-hydrogen) atoms. The van der Waals surface area contributed by atoms with E-state index in [2.05, 4.69) is 5.32 Å². The molecule has 0 aliphatic carbocycles. The van der Waals surface area contributed by atoms with Gasteiger partial charge in [0.05, 0.1) is 0 Å². The SMILES string of the molecule is O=C(/C=C\c1ccc2c(c1)OCO2)NCC1CC(=O)N(Cc2ccccc2)C1. The third kappa shape index (κ3) is 4.34. The van der Waals surface area contributed by atoms with Crippen LogP contribution in [0.1, 0.15) is 17.5 Å². The van der Waals surface area contributed by atoms with Crippen molar-refractivity contribution < 1.29 is 19.1 Å². The zero-order chi connectivity index (χ0) is 19.3. The van der Waals surface area contributed by atoms with Gasteiger partial charge in [-0.25, -0.2) is 0 Å². The maximum atomic E-state index is 12.2. The standard InChI is InChI=1S/C22H22N2O4/c25-21(9-7-16-6-8-19-20(10-16)28-15-27-19)23-12-18-11-22(26)24(14-18)13-17-4-2-1-3-5-17/h1-10,18H,11-15H2,(H,23,25)/b9-7-. The fraction of sp³-hybridized carbons (Fsp3) is 0.273. The fourth-order valence-electron chi connectivity index (χ4n) is 3.44. The number of ether oxygens (including phenoxy) is 2. The molecule has 2 aliphatic heterocycles. The Morgan fingerprint density at radius 3 is 2.82 bits per heavy atom. The molecular formula is C22H22N2O4. The van der Waals surface area contributed by atoms with Crippen molar-refractivity contribution in [2.75, 3.05) is 19.9 Å². The molecule has 4 rings (SSSR count). The van der Waals surface area contributed by atoms with Crippen molar-refractivity contribution in [3.05, 3.63) is 65.7 Å². The number of rotatable bonds is 6. The summed E-state index contributed by atoms with van der Waals surface area (Å²) in [6.07, 6.45) is 3.70. The van der Waals surface area contributed by atoms with E-state index >= 15 is 0 Å². The summed E-state index contributed by atoms with van der Waals surface area (Å²) in [5.41, 5.74) is 1.98. The number of nitrogens with one attached hydrogen (secondary N) is 1. The van der Waals surface area contributed by atoms with Crippen molar-refractivity contribution in [2.45, 2.75) is 13.0 Å². The van der Waals surface area contributed by atoms with Crippen LogP contribution in [-0.2, 0) is 16.1 Å². The molecule has 6 nitrogen and oxygen atoms in total. The average Bonchev–Trinajstić information content (AvgIpc) is 3.31. The van der Waals surface area contributed by atoms with Gasteiger partial charge in [0, 0.05) is 38.0 Å². The van der Waals surface area contributed by atoms with Crippen LogP contribution >= 0.6 is 0 Å². The molecule has 1 atom stereocenters. The number of hydrogen-bond acceptors (Lipinski definition) is 4. The molecule has 0 aromatic heterocycles. The van der Waals surface area contributed by atoms with Crippen LogP contribution < -0.4 is 14.8 Å². The molecule has 1 unspecified atom stereocenters. The predicted octanol–water partition coefficient (Wildman–Crippen LogP) is 2.59. The van der Waals surface area contributed by atoms with E-state index in [-0.39, 0.29) is 24.5 Å². The van der Waals surface area contributed by atoms with Gasteiger partial charge in [0.15, 0.2) is 11.5 Å². The Morgan fingerprint density at radius 1 is 1.14 bits per heavy atom. The van der Waals surface area contributed by atoms with E-state index in [1.807, 2.05) is 53.4 Å². The van der Waals surface area contributed by atoms with Crippen LogP contribution in [-0.4, -0.2) is 36.6 Å². The molecule has 2 aromatic rings. The molecule has 6 heteroatoms. The summed E-state index contributed by atoms with van der Waals surface area (Å²) >= 11 is 0. The number of carbonyl (C=O) groups is 2. The number of likely N-dealkylation sites (tertiary alicyclic amines) is 1. The van der Waals surface area contributed by atoms with Crippen LogP contribution in [0.3, 0.4) is 0 Å². The highest BCUT2D eigenvalue weighted by Crippen LogP contribution is 2.32. The Bertz CT molecular complexity index is 895. The number of nitrogens with zero attached hydrogens (tertiary/aromatic N) is 1. The van der Waals surface area contributed by atoms with Gasteiger partial charge in [0.2, 0.25) is 18.6 Å². The summed E-state index contributed by atoms with van der Waals surface area (Å²) in [6.45, 7) is 2.00. The molecule has 2 amide bonds. The molecular weight excluding hydrogens is 356 g/mol. The van der Waals surface area contributed by atoms with E-state index in [1.165, 1.54) is 6.08 Å². The van der Waals surface area contributed by atoms with Crippen LogP contribution in [0.2, 0.25) is 0 Å². The van der Waals surface area contributed by atoms with Gasteiger partial charge < -0.3 is 19.7 Å². The lowest BCUT2D eigenvalue weighted by Crippen LogP contribution is -2.30. The Balaban J connectivity index is 1.25. The van der Waals surface area contributed by atoms with Crippen LogP contribution in [0.15, 0.2) is 54.6 Å². The summed E-state index contributed by atoms with van der Waals surface area (Å²) < 4.78 is 10.6. The van der Waals surface area contributed by atoms with Gasteiger partial charge >= 0.3 is 0 Å².